The molecule has 2 aliphatic rings. The molecule has 0 bridgehead atoms. The molecular weight excluding hydrogens is 456 g/mol. The monoisotopic (exact) mass is 482 g/mol. The van der Waals surface area contributed by atoms with Gasteiger partial charge in [0.25, 0.3) is 5.91 Å². The van der Waals surface area contributed by atoms with E-state index >= 15 is 0 Å². The van der Waals surface area contributed by atoms with Crippen LogP contribution >= 0.6 is 11.6 Å². The lowest BCUT2D eigenvalue weighted by Crippen LogP contribution is -2.38. The number of nitrogens with one attached hydrogen (secondary N) is 2. The van der Waals surface area contributed by atoms with Crippen molar-refractivity contribution < 1.29 is 14.0 Å². The van der Waals surface area contributed by atoms with Gasteiger partial charge in [-0.15, -0.1) is 0 Å². The first-order valence-electron chi connectivity index (χ1n) is 11.6. The molecule has 0 aromatic carbocycles. The first-order valence-corrected chi connectivity index (χ1v) is 12.0. The molecule has 4 N–H and O–H groups in total. The zero-order valence-corrected chi connectivity index (χ0v) is 19.5. The summed E-state index contributed by atoms with van der Waals surface area (Å²) in [5.74, 6) is -0.388. The van der Waals surface area contributed by atoms with E-state index in [1.165, 1.54) is 25.2 Å². The summed E-state index contributed by atoms with van der Waals surface area (Å²) in [7, 11) is 0. The van der Waals surface area contributed by atoms with Crippen molar-refractivity contribution in [2.75, 3.05) is 29.5 Å². The van der Waals surface area contributed by atoms with Gasteiger partial charge in [-0.2, -0.15) is 0 Å². The van der Waals surface area contributed by atoms with E-state index in [2.05, 4.69) is 25.5 Å². The van der Waals surface area contributed by atoms with Crippen LogP contribution in [0, 0.1) is 5.92 Å². The number of carbonyl (C=O) groups excluding carboxylic acids is 2. The number of carbonyl (C=O) groups is 2. The maximum atomic E-state index is 13.2. The van der Waals surface area contributed by atoms with Gasteiger partial charge in [-0.1, -0.05) is 11.6 Å². The molecule has 2 amide bonds. The fraction of sp³-hybridized carbons (Fsp3) is 0.417. The number of anilines is 3. The first kappa shape index (κ1) is 22.6. The highest BCUT2D eigenvalue weighted by atomic mass is 35.5. The van der Waals surface area contributed by atoms with Crippen LogP contribution in [0.25, 0.3) is 11.0 Å². The zero-order valence-electron chi connectivity index (χ0n) is 18.7. The number of nitrogens with zero attached hydrogens (tertiary/aromatic N) is 3. The van der Waals surface area contributed by atoms with Crippen molar-refractivity contribution in [1.29, 1.82) is 0 Å². The smallest absolute Gasteiger partial charge is 0.294 e. The number of halogens is 1. The number of hydrogen-bond donors (Lipinski definition) is 3. The lowest BCUT2D eigenvalue weighted by atomic mass is 9.84. The number of fused-ring (bicyclic) bond motifs is 1. The van der Waals surface area contributed by atoms with Gasteiger partial charge in [0.05, 0.1) is 10.4 Å². The number of nitrogens with two attached hydrogens (primary N) is 1. The summed E-state index contributed by atoms with van der Waals surface area (Å²) in [4.78, 5) is 37.0. The minimum atomic E-state index is -0.557. The number of rotatable bonds is 5. The van der Waals surface area contributed by atoms with Crippen LogP contribution in [-0.2, 0) is 4.79 Å². The minimum Gasteiger partial charge on any atom is -0.448 e. The van der Waals surface area contributed by atoms with Crippen LogP contribution in [0.4, 0.5) is 17.3 Å². The van der Waals surface area contributed by atoms with Crippen LogP contribution in [0.3, 0.4) is 0 Å². The van der Waals surface area contributed by atoms with Crippen LogP contribution in [0.2, 0.25) is 5.02 Å². The van der Waals surface area contributed by atoms with E-state index in [-0.39, 0.29) is 29.1 Å². The number of likely N-dealkylation sites (tertiary alicyclic amines) is 1. The summed E-state index contributed by atoms with van der Waals surface area (Å²) in [6.07, 6.45) is 9.08. The Morgan fingerprint density at radius 3 is 2.53 bits per heavy atom. The normalized spacial score (nSPS) is 21.0. The molecule has 3 aromatic heterocycles. The Kier molecular flexibility index (Phi) is 6.38. The molecule has 5 rings (SSSR count). The topological polar surface area (TPSA) is 126 Å². The van der Waals surface area contributed by atoms with Crippen LogP contribution < -0.4 is 16.4 Å². The molecule has 4 heterocycles. The van der Waals surface area contributed by atoms with Gasteiger partial charge in [-0.25, -0.2) is 9.97 Å². The Morgan fingerprint density at radius 2 is 1.82 bits per heavy atom. The standard InChI is InChI=1S/C24H27ClN6O3/c25-15-5-8-18(28-13-15)29-24(33)21-20(19-17(34-21)9-10-27-22(19)26)30-23(32)14-3-6-16(7-4-14)31-11-1-2-12-31/h5,8-10,13-14,16H,1-4,6-7,11-12H2,(H2,26,27)(H,30,32)(H,28,29,33)/t14-,16-. The molecule has 2 fully saturated rings. The van der Waals surface area contributed by atoms with Gasteiger partial charge < -0.3 is 25.7 Å². The van der Waals surface area contributed by atoms with Crippen molar-refractivity contribution in [2.45, 2.75) is 44.6 Å². The molecule has 10 heteroatoms. The van der Waals surface area contributed by atoms with E-state index in [4.69, 9.17) is 21.8 Å². The van der Waals surface area contributed by atoms with Crippen LogP contribution in [-0.4, -0.2) is 45.8 Å². The van der Waals surface area contributed by atoms with E-state index in [9.17, 15) is 9.59 Å². The molecule has 3 aromatic rings. The summed E-state index contributed by atoms with van der Waals surface area (Å²) in [6, 6.07) is 5.37. The zero-order chi connectivity index (χ0) is 23.7. The molecular formula is C24H27ClN6O3. The maximum Gasteiger partial charge on any atom is 0.294 e. The summed E-state index contributed by atoms with van der Waals surface area (Å²) in [5, 5.41) is 6.48. The van der Waals surface area contributed by atoms with E-state index < -0.39 is 5.91 Å². The third-order valence-electron chi connectivity index (χ3n) is 6.78. The van der Waals surface area contributed by atoms with Gasteiger partial charge in [-0.05, 0) is 69.8 Å². The van der Waals surface area contributed by atoms with Gasteiger partial charge in [0.15, 0.2) is 0 Å². The van der Waals surface area contributed by atoms with Gasteiger partial charge in [0.2, 0.25) is 11.7 Å². The Morgan fingerprint density at radius 1 is 1.06 bits per heavy atom. The lowest BCUT2D eigenvalue weighted by molar-refractivity contribution is -0.121. The van der Waals surface area contributed by atoms with Crippen molar-refractivity contribution in [1.82, 2.24) is 14.9 Å². The maximum absolute atomic E-state index is 13.2. The summed E-state index contributed by atoms with van der Waals surface area (Å²) >= 11 is 5.87. The molecule has 0 radical (unpaired) electrons. The molecule has 34 heavy (non-hydrogen) atoms. The van der Waals surface area contributed by atoms with E-state index in [0.29, 0.717) is 27.9 Å². The molecule has 0 unspecified atom stereocenters. The molecule has 1 saturated carbocycles. The van der Waals surface area contributed by atoms with Gasteiger partial charge in [0.1, 0.15) is 22.9 Å². The average molecular weight is 483 g/mol. The summed E-state index contributed by atoms with van der Waals surface area (Å²) in [6.45, 7) is 2.32. The number of furan rings is 1. The van der Waals surface area contributed by atoms with Gasteiger partial charge in [-0.3, -0.25) is 9.59 Å². The molecule has 0 spiro atoms. The van der Waals surface area contributed by atoms with Gasteiger partial charge >= 0.3 is 0 Å². The Balaban J connectivity index is 1.36. The minimum absolute atomic E-state index is 0.0504. The SMILES string of the molecule is Nc1nccc2oc(C(=O)Nc3ccc(Cl)cn3)c(NC(=O)[C@H]3CC[C@H](N4CCCC4)CC3)c12. The van der Waals surface area contributed by atoms with Crippen molar-refractivity contribution in [3.63, 3.8) is 0 Å². The predicted molar refractivity (Wildman–Crippen MR) is 131 cm³/mol. The second-order valence-corrected chi connectivity index (χ2v) is 9.37. The summed E-state index contributed by atoms with van der Waals surface area (Å²) in [5.41, 5.74) is 6.70. The lowest BCUT2D eigenvalue weighted by Gasteiger charge is -2.33. The molecule has 1 saturated heterocycles. The van der Waals surface area contributed by atoms with Crippen molar-refractivity contribution in [2.24, 2.45) is 5.92 Å². The largest absolute Gasteiger partial charge is 0.448 e. The molecule has 1 aliphatic carbocycles. The van der Waals surface area contributed by atoms with Crippen LogP contribution in [0.1, 0.15) is 49.1 Å². The first-order chi connectivity index (χ1) is 16.5. The second kappa shape index (κ2) is 9.60. The number of pyridine rings is 2. The second-order valence-electron chi connectivity index (χ2n) is 8.93. The van der Waals surface area contributed by atoms with Crippen molar-refractivity contribution >= 4 is 51.7 Å². The van der Waals surface area contributed by atoms with Crippen molar-refractivity contribution in [3.05, 3.63) is 41.4 Å². The van der Waals surface area contributed by atoms with E-state index in [1.54, 1.807) is 18.2 Å². The number of amides is 2. The van der Waals surface area contributed by atoms with E-state index in [0.717, 1.165) is 38.8 Å². The highest BCUT2D eigenvalue weighted by molar-refractivity contribution is 6.30. The Labute approximate surface area is 202 Å². The molecule has 9 nitrogen and oxygen atoms in total. The number of aromatic nitrogens is 2. The quantitative estimate of drug-likeness (QED) is 0.494. The third kappa shape index (κ3) is 4.58. The molecule has 178 valence electrons. The fourth-order valence-corrected chi connectivity index (χ4v) is 5.12. The highest BCUT2D eigenvalue weighted by Gasteiger charge is 2.32. The Hall–Kier alpha value is -3.17. The van der Waals surface area contributed by atoms with Crippen molar-refractivity contribution in [3.8, 4) is 0 Å². The van der Waals surface area contributed by atoms with E-state index in [1.807, 2.05) is 0 Å². The third-order valence-corrected chi connectivity index (χ3v) is 7.00. The van der Waals surface area contributed by atoms with Gasteiger partial charge in [0, 0.05) is 24.4 Å². The molecule has 1 aliphatic heterocycles. The molecule has 0 atom stereocenters. The fourth-order valence-electron chi connectivity index (χ4n) is 5.01. The van der Waals surface area contributed by atoms with Crippen LogP contribution in [0.15, 0.2) is 35.0 Å². The number of hydrogen-bond acceptors (Lipinski definition) is 7. The predicted octanol–water partition coefficient (Wildman–Crippen LogP) is 4.30. The van der Waals surface area contributed by atoms with Crippen LogP contribution in [0.5, 0.6) is 0 Å². The highest BCUT2D eigenvalue weighted by Crippen LogP contribution is 2.36. The average Bonchev–Trinajstić information content (AvgIpc) is 3.50. The Bertz CT molecular complexity index is 1200. The number of nitrogen functional groups attached to an aromatic ring is 1. The summed E-state index contributed by atoms with van der Waals surface area (Å²) < 4.78 is 5.80.